The van der Waals surface area contributed by atoms with Gasteiger partial charge in [-0.15, -0.1) is 11.3 Å². The SMILES string of the molecule is CCNC(=NCC(c1cccs1)N(C)C)N(C)Cc1ncc(-c2ccccc2)[nH]1. The fraction of sp³-hybridized carbons (Fsp3) is 0.364. The van der Waals surface area contributed by atoms with Gasteiger partial charge in [0, 0.05) is 18.5 Å². The number of guanidine groups is 1. The second-order valence-electron chi connectivity index (χ2n) is 7.16. The minimum absolute atomic E-state index is 0.269. The van der Waals surface area contributed by atoms with Crippen LogP contribution in [0.3, 0.4) is 0 Å². The standard InChI is InChI=1S/C22H30N6S/c1-5-23-22(25-15-19(27(2)3)20-12-9-13-29-20)28(4)16-21-24-14-18(26-21)17-10-7-6-8-11-17/h6-14,19H,5,15-16H2,1-4H3,(H,23,25)(H,24,26). The maximum atomic E-state index is 4.91. The van der Waals surface area contributed by atoms with E-state index in [2.05, 4.69) is 75.7 Å². The lowest BCUT2D eigenvalue weighted by atomic mass is 10.2. The second-order valence-corrected chi connectivity index (χ2v) is 8.13. The summed E-state index contributed by atoms with van der Waals surface area (Å²) in [5.41, 5.74) is 2.17. The zero-order valence-electron chi connectivity index (χ0n) is 17.6. The number of aromatic amines is 1. The molecule has 0 amide bonds. The lowest BCUT2D eigenvalue weighted by Gasteiger charge is -2.24. The number of hydrogen-bond acceptors (Lipinski definition) is 4. The number of likely N-dealkylation sites (N-methyl/N-ethyl adjacent to an activating group) is 1. The van der Waals surface area contributed by atoms with Gasteiger partial charge in [-0.3, -0.25) is 4.99 Å². The van der Waals surface area contributed by atoms with Gasteiger partial charge in [0.25, 0.3) is 0 Å². The highest BCUT2D eigenvalue weighted by Crippen LogP contribution is 2.23. The summed E-state index contributed by atoms with van der Waals surface area (Å²) in [7, 11) is 6.25. The molecule has 1 aromatic carbocycles. The maximum Gasteiger partial charge on any atom is 0.194 e. The number of nitrogens with zero attached hydrogens (tertiary/aromatic N) is 4. The first-order valence-electron chi connectivity index (χ1n) is 9.87. The molecule has 0 radical (unpaired) electrons. The molecule has 0 aliphatic heterocycles. The van der Waals surface area contributed by atoms with Crippen molar-refractivity contribution in [3.05, 3.63) is 64.7 Å². The molecule has 0 bridgehead atoms. The minimum atomic E-state index is 0.269. The van der Waals surface area contributed by atoms with Crippen LogP contribution < -0.4 is 5.32 Å². The zero-order valence-corrected chi connectivity index (χ0v) is 18.4. The second kappa shape index (κ2) is 10.2. The van der Waals surface area contributed by atoms with Gasteiger partial charge >= 0.3 is 0 Å². The number of benzene rings is 1. The van der Waals surface area contributed by atoms with Gasteiger partial charge in [-0.1, -0.05) is 36.4 Å². The molecule has 0 aliphatic carbocycles. The first-order chi connectivity index (χ1) is 14.1. The summed E-state index contributed by atoms with van der Waals surface area (Å²) < 4.78 is 0. The van der Waals surface area contributed by atoms with Crippen LogP contribution in [-0.4, -0.2) is 60.0 Å². The van der Waals surface area contributed by atoms with Gasteiger partial charge in [0.2, 0.25) is 0 Å². The van der Waals surface area contributed by atoms with Crippen LogP contribution in [0.15, 0.2) is 59.0 Å². The Morgan fingerprint density at radius 1 is 1.17 bits per heavy atom. The topological polar surface area (TPSA) is 59.6 Å². The summed E-state index contributed by atoms with van der Waals surface area (Å²) >= 11 is 1.78. The van der Waals surface area contributed by atoms with Crippen LogP contribution in [0.1, 0.15) is 23.7 Å². The van der Waals surface area contributed by atoms with Crippen molar-refractivity contribution in [2.45, 2.75) is 19.5 Å². The van der Waals surface area contributed by atoms with E-state index in [1.807, 2.05) is 31.4 Å². The van der Waals surface area contributed by atoms with Gasteiger partial charge in [0.1, 0.15) is 5.82 Å². The molecule has 0 saturated heterocycles. The fourth-order valence-corrected chi connectivity index (χ4v) is 4.05. The zero-order chi connectivity index (χ0) is 20.6. The molecule has 154 valence electrons. The summed E-state index contributed by atoms with van der Waals surface area (Å²) in [6.45, 7) is 4.27. The number of H-pyrrole nitrogens is 1. The molecule has 2 N–H and O–H groups in total. The van der Waals surface area contributed by atoms with E-state index in [0.717, 1.165) is 29.6 Å². The molecule has 29 heavy (non-hydrogen) atoms. The highest BCUT2D eigenvalue weighted by atomic mass is 32.1. The Labute approximate surface area is 177 Å². The Kier molecular flexibility index (Phi) is 7.43. The highest BCUT2D eigenvalue weighted by Gasteiger charge is 2.16. The van der Waals surface area contributed by atoms with Crippen LogP contribution in [0, 0.1) is 0 Å². The Morgan fingerprint density at radius 2 is 1.97 bits per heavy atom. The molecule has 0 spiro atoms. The third-order valence-electron chi connectivity index (χ3n) is 4.71. The molecule has 2 heterocycles. The molecule has 2 aromatic heterocycles. The predicted molar refractivity (Wildman–Crippen MR) is 122 cm³/mol. The molecule has 3 aromatic rings. The van der Waals surface area contributed by atoms with Crippen molar-refractivity contribution in [1.29, 1.82) is 0 Å². The monoisotopic (exact) mass is 410 g/mol. The smallest absolute Gasteiger partial charge is 0.194 e. The molecular formula is C22H30N6S. The first kappa shape index (κ1) is 21.1. The average Bonchev–Trinajstić information content (AvgIpc) is 3.40. The largest absolute Gasteiger partial charge is 0.357 e. The number of imidazole rings is 1. The van der Waals surface area contributed by atoms with E-state index in [1.54, 1.807) is 11.3 Å². The van der Waals surface area contributed by atoms with Gasteiger partial charge in [0.05, 0.1) is 31.0 Å². The third kappa shape index (κ3) is 5.68. The summed E-state index contributed by atoms with van der Waals surface area (Å²) in [5, 5.41) is 5.52. The molecule has 0 aliphatic rings. The number of thiophene rings is 1. The Balaban J connectivity index is 1.70. The lowest BCUT2D eigenvalue weighted by Crippen LogP contribution is -2.39. The Bertz CT molecular complexity index is 885. The first-order valence-corrected chi connectivity index (χ1v) is 10.7. The number of aliphatic imine (C=N–C) groups is 1. The van der Waals surface area contributed by atoms with Crippen molar-refractivity contribution in [1.82, 2.24) is 25.1 Å². The quantitative estimate of drug-likeness (QED) is 0.438. The fourth-order valence-electron chi connectivity index (χ4n) is 3.14. The summed E-state index contributed by atoms with van der Waals surface area (Å²) in [5.74, 6) is 1.80. The summed E-state index contributed by atoms with van der Waals surface area (Å²) in [6.07, 6.45) is 1.89. The van der Waals surface area contributed by atoms with Crippen LogP contribution in [-0.2, 0) is 6.54 Å². The van der Waals surface area contributed by atoms with Crippen molar-refractivity contribution in [2.24, 2.45) is 4.99 Å². The molecular weight excluding hydrogens is 380 g/mol. The number of hydrogen-bond donors (Lipinski definition) is 2. The van der Waals surface area contributed by atoms with Gasteiger partial charge in [0.15, 0.2) is 5.96 Å². The molecule has 6 nitrogen and oxygen atoms in total. The number of nitrogens with one attached hydrogen (secondary N) is 2. The lowest BCUT2D eigenvalue weighted by molar-refractivity contribution is 0.309. The van der Waals surface area contributed by atoms with E-state index in [4.69, 9.17) is 4.99 Å². The molecule has 0 saturated carbocycles. The van der Waals surface area contributed by atoms with Crippen LogP contribution in [0.2, 0.25) is 0 Å². The summed E-state index contributed by atoms with van der Waals surface area (Å²) in [4.78, 5) is 18.5. The van der Waals surface area contributed by atoms with Crippen molar-refractivity contribution >= 4 is 17.3 Å². The van der Waals surface area contributed by atoms with E-state index in [0.29, 0.717) is 13.1 Å². The van der Waals surface area contributed by atoms with Crippen LogP contribution in [0.5, 0.6) is 0 Å². The molecule has 0 fully saturated rings. The van der Waals surface area contributed by atoms with Crippen LogP contribution >= 0.6 is 11.3 Å². The minimum Gasteiger partial charge on any atom is -0.357 e. The van der Waals surface area contributed by atoms with Crippen molar-refractivity contribution in [3.63, 3.8) is 0 Å². The number of aromatic nitrogens is 2. The van der Waals surface area contributed by atoms with Crippen LogP contribution in [0.4, 0.5) is 0 Å². The third-order valence-corrected chi connectivity index (χ3v) is 5.68. The summed E-state index contributed by atoms with van der Waals surface area (Å²) in [6, 6.07) is 14.8. The molecule has 3 rings (SSSR count). The highest BCUT2D eigenvalue weighted by molar-refractivity contribution is 7.10. The number of rotatable bonds is 8. The van der Waals surface area contributed by atoms with E-state index in [9.17, 15) is 0 Å². The van der Waals surface area contributed by atoms with E-state index in [1.165, 1.54) is 4.88 Å². The van der Waals surface area contributed by atoms with E-state index < -0.39 is 0 Å². The van der Waals surface area contributed by atoms with Crippen molar-refractivity contribution in [3.8, 4) is 11.3 Å². The van der Waals surface area contributed by atoms with Gasteiger partial charge in [-0.05, 0) is 38.0 Å². The molecule has 1 unspecified atom stereocenters. The normalized spacial score (nSPS) is 12.9. The Morgan fingerprint density at radius 3 is 2.62 bits per heavy atom. The van der Waals surface area contributed by atoms with E-state index in [-0.39, 0.29) is 6.04 Å². The maximum absolute atomic E-state index is 4.91. The Hall–Kier alpha value is -2.64. The van der Waals surface area contributed by atoms with Gasteiger partial charge < -0.3 is 20.1 Å². The van der Waals surface area contributed by atoms with E-state index >= 15 is 0 Å². The molecule has 1 atom stereocenters. The average molecular weight is 411 g/mol. The molecule has 7 heteroatoms. The predicted octanol–water partition coefficient (Wildman–Crippen LogP) is 3.84. The van der Waals surface area contributed by atoms with Crippen LogP contribution in [0.25, 0.3) is 11.3 Å². The van der Waals surface area contributed by atoms with Gasteiger partial charge in [-0.25, -0.2) is 4.98 Å². The van der Waals surface area contributed by atoms with Gasteiger partial charge in [-0.2, -0.15) is 0 Å². The van der Waals surface area contributed by atoms with Crippen molar-refractivity contribution in [2.75, 3.05) is 34.2 Å². The van der Waals surface area contributed by atoms with Crippen molar-refractivity contribution < 1.29 is 0 Å².